The normalized spacial score (nSPS) is 63.3. The summed E-state index contributed by atoms with van der Waals surface area (Å²) in [6, 6.07) is 0. The molecule has 2 heterocycles. The Kier molecular flexibility index (Phi) is 4.78. The molecule has 0 bridgehead atoms. The van der Waals surface area contributed by atoms with Crippen LogP contribution in [0.25, 0.3) is 0 Å². The maximum absolute atomic E-state index is 11.8. The zero-order chi connectivity index (χ0) is 21.8. The van der Waals surface area contributed by atoms with E-state index in [2.05, 4.69) is 33.0 Å². The van der Waals surface area contributed by atoms with Crippen LogP contribution < -0.4 is 5.32 Å². The van der Waals surface area contributed by atoms with E-state index in [0.29, 0.717) is 40.9 Å². The number of aliphatic hydroxyl groups is 2. The second kappa shape index (κ2) is 6.93. The molecule has 1 spiro atoms. The molecule has 0 radical (unpaired) electrons. The van der Waals surface area contributed by atoms with Crippen molar-refractivity contribution in [3.63, 3.8) is 0 Å². The maximum Gasteiger partial charge on any atom is 0.122 e. The van der Waals surface area contributed by atoms with Gasteiger partial charge >= 0.3 is 0 Å². The van der Waals surface area contributed by atoms with E-state index < -0.39 is 0 Å². The minimum atomic E-state index is -0.319. The Balaban J connectivity index is 1.30. The number of hydrogen-bond donors (Lipinski definition) is 3. The monoisotopic (exact) mass is 431 g/mol. The van der Waals surface area contributed by atoms with Crippen LogP contribution in [0.5, 0.6) is 0 Å². The molecular weight excluding hydrogens is 386 g/mol. The minimum Gasteiger partial charge on any atom is -0.393 e. The van der Waals surface area contributed by atoms with Crippen molar-refractivity contribution in [2.75, 3.05) is 6.54 Å². The van der Waals surface area contributed by atoms with Crippen LogP contribution in [0.1, 0.15) is 85.5 Å². The molecule has 4 saturated carbocycles. The summed E-state index contributed by atoms with van der Waals surface area (Å²) in [7, 11) is 0. The smallest absolute Gasteiger partial charge is 0.122 e. The van der Waals surface area contributed by atoms with Gasteiger partial charge in [-0.25, -0.2) is 0 Å². The largest absolute Gasteiger partial charge is 0.393 e. The highest BCUT2D eigenvalue weighted by molar-refractivity contribution is 5.19. The Morgan fingerprint density at radius 1 is 0.871 bits per heavy atom. The number of rotatable bonds is 0. The summed E-state index contributed by atoms with van der Waals surface area (Å²) in [5.41, 5.74) is 0.336. The van der Waals surface area contributed by atoms with E-state index in [4.69, 9.17) is 4.74 Å². The summed E-state index contributed by atoms with van der Waals surface area (Å²) >= 11 is 0. The van der Waals surface area contributed by atoms with E-state index >= 15 is 0 Å². The first-order chi connectivity index (χ1) is 14.7. The molecule has 6 rings (SSSR count). The molecule has 176 valence electrons. The van der Waals surface area contributed by atoms with Crippen molar-refractivity contribution in [1.82, 2.24) is 5.32 Å². The molecule has 2 saturated heterocycles. The highest BCUT2D eigenvalue weighted by atomic mass is 16.5. The number of fused-ring (bicyclic) bond motifs is 7. The Morgan fingerprint density at radius 2 is 1.65 bits per heavy atom. The molecule has 0 aromatic rings. The first kappa shape index (κ1) is 21.4. The molecule has 0 aromatic heterocycles. The van der Waals surface area contributed by atoms with Gasteiger partial charge in [-0.3, -0.25) is 5.32 Å². The molecule has 31 heavy (non-hydrogen) atoms. The Bertz CT molecular complexity index is 719. The van der Waals surface area contributed by atoms with Gasteiger partial charge in [-0.1, -0.05) is 27.7 Å². The van der Waals surface area contributed by atoms with E-state index in [1.807, 2.05) is 0 Å². The third kappa shape index (κ3) is 2.74. The maximum atomic E-state index is 11.8. The Labute approximate surface area is 188 Å². The van der Waals surface area contributed by atoms with Gasteiger partial charge in [0.1, 0.15) is 5.72 Å². The summed E-state index contributed by atoms with van der Waals surface area (Å²) in [6.07, 6.45) is 10.1. The van der Waals surface area contributed by atoms with Crippen molar-refractivity contribution in [1.29, 1.82) is 0 Å². The first-order valence-corrected chi connectivity index (χ1v) is 13.5. The predicted octanol–water partition coefficient (Wildman–Crippen LogP) is 4.34. The van der Waals surface area contributed by atoms with Gasteiger partial charge in [0.05, 0.1) is 18.3 Å². The van der Waals surface area contributed by atoms with E-state index in [9.17, 15) is 10.2 Å². The van der Waals surface area contributed by atoms with Gasteiger partial charge in [0, 0.05) is 18.4 Å². The number of piperidine rings is 1. The summed E-state index contributed by atoms with van der Waals surface area (Å²) < 4.78 is 6.88. The zero-order valence-electron chi connectivity index (χ0n) is 20.1. The van der Waals surface area contributed by atoms with E-state index in [0.717, 1.165) is 31.7 Å². The molecule has 0 amide bonds. The van der Waals surface area contributed by atoms with Gasteiger partial charge in [0.25, 0.3) is 0 Å². The van der Waals surface area contributed by atoms with Crippen LogP contribution in [-0.2, 0) is 4.74 Å². The van der Waals surface area contributed by atoms with E-state index in [-0.39, 0.29) is 29.5 Å². The lowest BCUT2D eigenvalue weighted by molar-refractivity contribution is -0.170. The van der Waals surface area contributed by atoms with Crippen LogP contribution in [0.3, 0.4) is 0 Å². The average Bonchev–Trinajstić information content (AvgIpc) is 3.14. The van der Waals surface area contributed by atoms with E-state index in [1.54, 1.807) is 0 Å². The van der Waals surface area contributed by atoms with Crippen molar-refractivity contribution >= 4 is 0 Å². The third-order valence-corrected chi connectivity index (χ3v) is 12.1. The highest BCUT2D eigenvalue weighted by Crippen LogP contribution is 2.71. The topological polar surface area (TPSA) is 61.7 Å². The second-order valence-electron chi connectivity index (χ2n) is 13.4. The molecule has 13 unspecified atom stereocenters. The molecule has 6 aliphatic rings. The van der Waals surface area contributed by atoms with Crippen LogP contribution >= 0.6 is 0 Å². The molecule has 4 aliphatic carbocycles. The van der Waals surface area contributed by atoms with Crippen molar-refractivity contribution < 1.29 is 14.9 Å². The average molecular weight is 432 g/mol. The van der Waals surface area contributed by atoms with Gasteiger partial charge in [-0.2, -0.15) is 0 Å². The lowest BCUT2D eigenvalue weighted by Gasteiger charge is -2.61. The zero-order valence-corrected chi connectivity index (χ0v) is 20.1. The summed E-state index contributed by atoms with van der Waals surface area (Å²) in [4.78, 5) is 0. The number of ether oxygens (including phenoxy) is 1. The van der Waals surface area contributed by atoms with Crippen molar-refractivity contribution in [3.05, 3.63) is 0 Å². The molecule has 4 heteroatoms. The molecule has 4 nitrogen and oxygen atoms in total. The van der Waals surface area contributed by atoms with E-state index in [1.165, 1.54) is 38.5 Å². The number of aliphatic hydroxyl groups excluding tert-OH is 2. The number of hydrogen-bond acceptors (Lipinski definition) is 4. The van der Waals surface area contributed by atoms with Gasteiger partial charge in [-0.05, 0) is 98.2 Å². The van der Waals surface area contributed by atoms with Crippen molar-refractivity contribution in [3.8, 4) is 0 Å². The standard InChI is InChI=1S/C27H45NO3/c1-15-7-12-27(28-14-15)16(2)21-24(31-27)23(30)22-19-6-5-17-13-18(29)8-10-25(17,3)20(19)9-11-26(21,22)4/h15-24,28-30H,5-14H2,1-4H3. The number of nitrogens with one attached hydrogen (secondary N) is 1. The van der Waals surface area contributed by atoms with Crippen LogP contribution in [0.2, 0.25) is 0 Å². The third-order valence-electron chi connectivity index (χ3n) is 12.1. The van der Waals surface area contributed by atoms with Crippen LogP contribution in [0, 0.1) is 52.3 Å². The fourth-order valence-corrected chi connectivity index (χ4v) is 10.5. The van der Waals surface area contributed by atoms with Crippen molar-refractivity contribution in [2.24, 2.45) is 52.3 Å². The van der Waals surface area contributed by atoms with Crippen LogP contribution in [-0.4, -0.2) is 40.8 Å². The quantitative estimate of drug-likeness (QED) is 0.534. The summed E-state index contributed by atoms with van der Waals surface area (Å²) in [5, 5.41) is 25.9. The molecule has 13 atom stereocenters. The second-order valence-corrected chi connectivity index (χ2v) is 13.4. The minimum absolute atomic E-state index is 0.00311. The Hall–Kier alpha value is -0.160. The fraction of sp³-hybridized carbons (Fsp3) is 1.00. The first-order valence-electron chi connectivity index (χ1n) is 13.5. The molecule has 0 aromatic carbocycles. The van der Waals surface area contributed by atoms with Gasteiger partial charge in [0.15, 0.2) is 0 Å². The summed E-state index contributed by atoms with van der Waals surface area (Å²) in [6.45, 7) is 10.8. The van der Waals surface area contributed by atoms with Gasteiger partial charge in [-0.15, -0.1) is 0 Å². The molecule has 3 N–H and O–H groups in total. The van der Waals surface area contributed by atoms with Gasteiger partial charge in [0.2, 0.25) is 0 Å². The van der Waals surface area contributed by atoms with Crippen LogP contribution in [0.4, 0.5) is 0 Å². The van der Waals surface area contributed by atoms with Crippen molar-refractivity contribution in [2.45, 2.75) is 110 Å². The summed E-state index contributed by atoms with van der Waals surface area (Å²) in [5.74, 6) is 4.04. The predicted molar refractivity (Wildman–Crippen MR) is 121 cm³/mol. The lowest BCUT2D eigenvalue weighted by Crippen LogP contribution is -2.59. The SMILES string of the molecule is CC1CCC2(NC1)OC1C(O)C3C4CCC5CC(O)CCC5(C)C4CCC3(C)C1C2C. The lowest BCUT2D eigenvalue weighted by atomic mass is 9.44. The Morgan fingerprint density at radius 3 is 2.39 bits per heavy atom. The van der Waals surface area contributed by atoms with Gasteiger partial charge < -0.3 is 14.9 Å². The molecular formula is C27H45NO3. The molecule has 2 aliphatic heterocycles. The fourth-order valence-electron chi connectivity index (χ4n) is 10.5. The molecule has 6 fully saturated rings. The highest BCUT2D eigenvalue weighted by Gasteiger charge is 2.71. The van der Waals surface area contributed by atoms with Crippen LogP contribution in [0.15, 0.2) is 0 Å².